The second kappa shape index (κ2) is 8.22. The summed E-state index contributed by atoms with van der Waals surface area (Å²) in [5, 5.41) is 14.8. The van der Waals surface area contributed by atoms with E-state index in [-0.39, 0.29) is 0 Å². The predicted octanol–water partition coefficient (Wildman–Crippen LogP) is 3.56. The highest BCUT2D eigenvalue weighted by Gasteiger charge is 2.44. The average Bonchev–Trinajstić information content (AvgIpc) is 3.38. The van der Waals surface area contributed by atoms with Crippen molar-refractivity contribution < 1.29 is 4.74 Å². The topological polar surface area (TPSA) is 62.0 Å². The van der Waals surface area contributed by atoms with Gasteiger partial charge in [-0.25, -0.2) is 0 Å². The summed E-state index contributed by atoms with van der Waals surface area (Å²) < 4.78 is 6.75. The van der Waals surface area contributed by atoms with Crippen LogP contribution >= 0.6 is 0 Å². The lowest BCUT2D eigenvalue weighted by molar-refractivity contribution is -0.0901. The molecule has 4 aliphatic rings. The fourth-order valence-corrected chi connectivity index (χ4v) is 6.46. The Labute approximate surface area is 163 Å². The van der Waals surface area contributed by atoms with E-state index in [1.807, 2.05) is 6.20 Å². The van der Waals surface area contributed by atoms with E-state index in [2.05, 4.69) is 27.0 Å². The minimum absolute atomic E-state index is 0.474. The summed E-state index contributed by atoms with van der Waals surface area (Å²) in [4.78, 5) is 0. The number of ether oxygens (including phenoxy) is 1. The highest BCUT2D eigenvalue weighted by atomic mass is 16.5. The summed E-state index contributed by atoms with van der Waals surface area (Å²) in [5.41, 5.74) is 1.37. The lowest BCUT2D eigenvalue weighted by atomic mass is 9.70. The van der Waals surface area contributed by atoms with Crippen LogP contribution in [0, 0.1) is 17.8 Å². The van der Waals surface area contributed by atoms with Crippen LogP contribution in [-0.2, 0) is 4.74 Å². The van der Waals surface area contributed by atoms with Crippen LogP contribution in [0.15, 0.2) is 12.4 Å². The van der Waals surface area contributed by atoms with Gasteiger partial charge in [-0.05, 0) is 62.0 Å². The van der Waals surface area contributed by atoms with Crippen molar-refractivity contribution in [3.05, 3.63) is 18.0 Å². The number of nitrogens with zero attached hydrogens (tertiary/aromatic N) is 1. The van der Waals surface area contributed by atoms with Crippen molar-refractivity contribution in [1.82, 2.24) is 20.8 Å². The van der Waals surface area contributed by atoms with Gasteiger partial charge in [0.05, 0.1) is 24.6 Å². The van der Waals surface area contributed by atoms with E-state index in [0.29, 0.717) is 30.2 Å². The van der Waals surface area contributed by atoms with Crippen LogP contribution in [0.5, 0.6) is 0 Å². The molecule has 3 heterocycles. The third kappa shape index (κ3) is 3.83. The van der Waals surface area contributed by atoms with Gasteiger partial charge in [-0.2, -0.15) is 5.10 Å². The van der Waals surface area contributed by atoms with E-state index in [9.17, 15) is 0 Å². The molecule has 6 atom stereocenters. The van der Waals surface area contributed by atoms with Gasteiger partial charge < -0.3 is 15.4 Å². The fraction of sp³-hybridized carbons (Fsp3) is 0.864. The Bertz CT molecular complexity index is 585. The van der Waals surface area contributed by atoms with Crippen molar-refractivity contribution in [3.8, 4) is 0 Å². The molecule has 0 bridgehead atoms. The molecule has 5 rings (SSSR count). The molecule has 1 aromatic rings. The van der Waals surface area contributed by atoms with E-state index < -0.39 is 0 Å². The summed E-state index contributed by atoms with van der Waals surface area (Å²) in [5.74, 6) is 2.78. The molecule has 5 nitrogen and oxygen atoms in total. The first-order valence-electron chi connectivity index (χ1n) is 11.5. The number of H-pyrrole nitrogens is 1. The number of hydrogen-bond donors (Lipinski definition) is 3. The molecule has 6 unspecified atom stereocenters. The standard InChI is InChI=1S/C22H36N4O/c1-2-6-17(7-3-1)27-21-9-5-4-8-18(21)15-10-19-20(16-12-25-26-13-16)14-24-22(19)23-11-15/h12-13,15,17-24H,1-11,14H2,(H,25,26). The molecule has 1 aromatic heterocycles. The Morgan fingerprint density at radius 2 is 1.70 bits per heavy atom. The third-order valence-electron chi connectivity index (χ3n) is 7.90. The number of aromatic nitrogens is 2. The Kier molecular flexibility index (Phi) is 5.52. The molecule has 3 N–H and O–H groups in total. The number of rotatable bonds is 4. The summed E-state index contributed by atoms with van der Waals surface area (Å²) in [7, 11) is 0. The van der Waals surface area contributed by atoms with Crippen LogP contribution in [0.4, 0.5) is 0 Å². The highest BCUT2D eigenvalue weighted by Crippen LogP contribution is 2.43. The van der Waals surface area contributed by atoms with Crippen molar-refractivity contribution in [2.45, 2.75) is 88.5 Å². The van der Waals surface area contributed by atoms with Crippen molar-refractivity contribution in [1.29, 1.82) is 0 Å². The molecule has 0 radical (unpaired) electrons. The predicted molar refractivity (Wildman–Crippen MR) is 106 cm³/mol. The maximum Gasteiger partial charge on any atom is 0.0610 e. The third-order valence-corrected chi connectivity index (χ3v) is 7.90. The molecule has 27 heavy (non-hydrogen) atoms. The lowest BCUT2D eigenvalue weighted by Crippen LogP contribution is -2.52. The lowest BCUT2D eigenvalue weighted by Gasteiger charge is -2.44. The Balaban J connectivity index is 1.26. The van der Waals surface area contributed by atoms with Crippen molar-refractivity contribution in [2.24, 2.45) is 17.8 Å². The summed E-state index contributed by atoms with van der Waals surface area (Å²) >= 11 is 0. The van der Waals surface area contributed by atoms with Gasteiger partial charge in [0, 0.05) is 18.7 Å². The van der Waals surface area contributed by atoms with Crippen LogP contribution in [-0.4, -0.2) is 41.7 Å². The van der Waals surface area contributed by atoms with Gasteiger partial charge in [0.25, 0.3) is 0 Å². The maximum absolute atomic E-state index is 6.75. The van der Waals surface area contributed by atoms with Gasteiger partial charge in [0.2, 0.25) is 0 Å². The van der Waals surface area contributed by atoms with Crippen LogP contribution in [0.25, 0.3) is 0 Å². The Morgan fingerprint density at radius 3 is 2.56 bits per heavy atom. The van der Waals surface area contributed by atoms with Gasteiger partial charge in [-0.3, -0.25) is 5.10 Å². The molecule has 2 saturated heterocycles. The molecular weight excluding hydrogens is 336 g/mol. The van der Waals surface area contributed by atoms with Crippen LogP contribution in [0.2, 0.25) is 0 Å². The van der Waals surface area contributed by atoms with Crippen molar-refractivity contribution in [3.63, 3.8) is 0 Å². The molecular formula is C22H36N4O. The van der Waals surface area contributed by atoms with E-state index >= 15 is 0 Å². The fourth-order valence-electron chi connectivity index (χ4n) is 6.46. The van der Waals surface area contributed by atoms with Gasteiger partial charge in [0.15, 0.2) is 0 Å². The normalized spacial score (nSPS) is 40.7. The monoisotopic (exact) mass is 372 g/mol. The molecule has 150 valence electrons. The average molecular weight is 373 g/mol. The first-order valence-corrected chi connectivity index (χ1v) is 11.5. The summed E-state index contributed by atoms with van der Waals surface area (Å²) in [6.45, 7) is 2.22. The minimum atomic E-state index is 0.474. The Morgan fingerprint density at radius 1 is 0.889 bits per heavy atom. The zero-order valence-corrected chi connectivity index (χ0v) is 16.5. The van der Waals surface area contributed by atoms with Crippen molar-refractivity contribution >= 4 is 0 Å². The molecule has 0 aromatic carbocycles. The van der Waals surface area contributed by atoms with Crippen molar-refractivity contribution in [2.75, 3.05) is 13.1 Å². The number of fused-ring (bicyclic) bond motifs is 1. The largest absolute Gasteiger partial charge is 0.375 e. The van der Waals surface area contributed by atoms with Gasteiger partial charge >= 0.3 is 0 Å². The number of hydrogen-bond acceptors (Lipinski definition) is 4. The van der Waals surface area contributed by atoms with E-state index in [1.54, 1.807) is 0 Å². The second-order valence-electron chi connectivity index (χ2n) is 9.47. The van der Waals surface area contributed by atoms with Gasteiger partial charge in [-0.15, -0.1) is 0 Å². The summed E-state index contributed by atoms with van der Waals surface area (Å²) in [6.07, 6.45) is 19.1. The quantitative estimate of drug-likeness (QED) is 0.756. The molecule has 4 fully saturated rings. The molecule has 0 amide bonds. The molecule has 5 heteroatoms. The van der Waals surface area contributed by atoms with Crippen LogP contribution < -0.4 is 10.6 Å². The molecule has 2 aliphatic heterocycles. The minimum Gasteiger partial charge on any atom is -0.375 e. The first kappa shape index (κ1) is 18.1. The van der Waals surface area contributed by atoms with Crippen LogP contribution in [0.3, 0.4) is 0 Å². The highest BCUT2D eigenvalue weighted by molar-refractivity contribution is 5.17. The molecule has 2 saturated carbocycles. The number of piperidine rings is 1. The Hall–Kier alpha value is -0.910. The number of aromatic amines is 1. The van der Waals surface area contributed by atoms with E-state index in [1.165, 1.54) is 69.8 Å². The van der Waals surface area contributed by atoms with Gasteiger partial charge in [-0.1, -0.05) is 32.1 Å². The smallest absolute Gasteiger partial charge is 0.0610 e. The second-order valence-corrected chi connectivity index (χ2v) is 9.47. The first-order chi connectivity index (χ1) is 13.4. The number of nitrogens with one attached hydrogen (secondary N) is 3. The van der Waals surface area contributed by atoms with E-state index in [0.717, 1.165) is 24.9 Å². The molecule has 0 spiro atoms. The van der Waals surface area contributed by atoms with Crippen LogP contribution in [0.1, 0.15) is 75.7 Å². The zero-order valence-electron chi connectivity index (χ0n) is 16.5. The zero-order chi connectivity index (χ0) is 18.1. The molecule has 2 aliphatic carbocycles. The van der Waals surface area contributed by atoms with Gasteiger partial charge in [0.1, 0.15) is 0 Å². The maximum atomic E-state index is 6.75. The SMILES string of the molecule is c1n[nH]cc1C1CNC2NCC(C3CCCCC3OC3CCCCC3)CC21. The summed E-state index contributed by atoms with van der Waals surface area (Å²) in [6, 6.07) is 0. The van der Waals surface area contributed by atoms with E-state index in [4.69, 9.17) is 4.74 Å².